The largest absolute Gasteiger partial charge is 0.392 e. The Bertz CT molecular complexity index is 439. The Balaban J connectivity index is 1.74. The standard InChI is InChI=1S/C17H26N2O2/c1-13(17(21)19-16-5-3-2-4-6-16)18-11-14-7-9-15(12-20)10-8-14/h7-10,13,16,18,20H,2-6,11-12H2,1H3,(H,19,21). The Labute approximate surface area is 126 Å². The van der Waals surface area contributed by atoms with Crippen molar-refractivity contribution in [2.75, 3.05) is 0 Å². The van der Waals surface area contributed by atoms with E-state index in [0.717, 1.165) is 24.0 Å². The highest BCUT2D eigenvalue weighted by atomic mass is 16.3. The lowest BCUT2D eigenvalue weighted by atomic mass is 9.95. The maximum absolute atomic E-state index is 12.1. The molecule has 1 aliphatic carbocycles. The number of hydrogen-bond donors (Lipinski definition) is 3. The Morgan fingerprint density at radius 2 is 1.81 bits per heavy atom. The van der Waals surface area contributed by atoms with Crippen molar-refractivity contribution in [2.24, 2.45) is 0 Å². The van der Waals surface area contributed by atoms with E-state index in [1.165, 1.54) is 19.3 Å². The summed E-state index contributed by atoms with van der Waals surface area (Å²) in [5.41, 5.74) is 2.02. The first-order chi connectivity index (χ1) is 10.2. The van der Waals surface area contributed by atoms with Gasteiger partial charge in [0.15, 0.2) is 0 Å². The molecule has 1 amide bonds. The van der Waals surface area contributed by atoms with Crippen LogP contribution in [0.15, 0.2) is 24.3 Å². The minimum atomic E-state index is -0.190. The first kappa shape index (κ1) is 16.0. The lowest BCUT2D eigenvalue weighted by Gasteiger charge is -2.24. The number of amides is 1. The van der Waals surface area contributed by atoms with Gasteiger partial charge in [0.25, 0.3) is 0 Å². The molecule has 4 nitrogen and oxygen atoms in total. The minimum Gasteiger partial charge on any atom is -0.392 e. The molecule has 1 saturated carbocycles. The smallest absolute Gasteiger partial charge is 0.237 e. The molecule has 0 radical (unpaired) electrons. The van der Waals surface area contributed by atoms with Gasteiger partial charge in [-0.1, -0.05) is 43.5 Å². The molecule has 21 heavy (non-hydrogen) atoms. The fourth-order valence-corrected chi connectivity index (χ4v) is 2.70. The third kappa shape index (κ3) is 5.14. The molecule has 0 bridgehead atoms. The van der Waals surface area contributed by atoms with Gasteiger partial charge in [-0.2, -0.15) is 0 Å². The average molecular weight is 290 g/mol. The monoisotopic (exact) mass is 290 g/mol. The number of carbonyl (C=O) groups excluding carboxylic acids is 1. The van der Waals surface area contributed by atoms with Crippen molar-refractivity contribution in [1.82, 2.24) is 10.6 Å². The summed E-state index contributed by atoms with van der Waals surface area (Å²) in [5, 5.41) is 15.4. The Morgan fingerprint density at radius 3 is 2.43 bits per heavy atom. The van der Waals surface area contributed by atoms with Crippen molar-refractivity contribution < 1.29 is 9.90 Å². The number of benzene rings is 1. The molecule has 3 N–H and O–H groups in total. The molecule has 0 saturated heterocycles. The fourth-order valence-electron chi connectivity index (χ4n) is 2.70. The van der Waals surface area contributed by atoms with Crippen LogP contribution in [-0.2, 0) is 17.9 Å². The SMILES string of the molecule is CC(NCc1ccc(CO)cc1)C(=O)NC1CCCCC1. The quantitative estimate of drug-likeness (QED) is 0.752. The number of aliphatic hydroxyl groups is 1. The Hall–Kier alpha value is -1.39. The van der Waals surface area contributed by atoms with Gasteiger partial charge in [0, 0.05) is 12.6 Å². The van der Waals surface area contributed by atoms with Crippen LogP contribution < -0.4 is 10.6 Å². The molecule has 1 aromatic rings. The number of nitrogens with one attached hydrogen (secondary N) is 2. The number of rotatable bonds is 6. The van der Waals surface area contributed by atoms with Crippen molar-refractivity contribution in [2.45, 2.75) is 64.3 Å². The molecule has 0 heterocycles. The van der Waals surface area contributed by atoms with Crippen LogP contribution in [0.3, 0.4) is 0 Å². The number of aliphatic hydroxyl groups excluding tert-OH is 1. The highest BCUT2D eigenvalue weighted by Gasteiger charge is 2.19. The topological polar surface area (TPSA) is 61.4 Å². The maximum Gasteiger partial charge on any atom is 0.237 e. The van der Waals surface area contributed by atoms with Crippen LogP contribution in [0.5, 0.6) is 0 Å². The third-order valence-corrected chi connectivity index (χ3v) is 4.16. The second-order valence-corrected chi connectivity index (χ2v) is 5.92. The van der Waals surface area contributed by atoms with E-state index in [4.69, 9.17) is 5.11 Å². The second-order valence-electron chi connectivity index (χ2n) is 5.92. The summed E-state index contributed by atoms with van der Waals surface area (Å²) >= 11 is 0. The molecule has 1 fully saturated rings. The lowest BCUT2D eigenvalue weighted by Crippen LogP contribution is -2.46. The van der Waals surface area contributed by atoms with Crippen molar-refractivity contribution >= 4 is 5.91 Å². The van der Waals surface area contributed by atoms with E-state index in [0.29, 0.717) is 12.6 Å². The molecular weight excluding hydrogens is 264 g/mol. The van der Waals surface area contributed by atoms with Crippen LogP contribution in [0.25, 0.3) is 0 Å². The summed E-state index contributed by atoms with van der Waals surface area (Å²) in [6, 6.07) is 7.94. The van der Waals surface area contributed by atoms with E-state index in [1.807, 2.05) is 31.2 Å². The van der Waals surface area contributed by atoms with Crippen LogP contribution in [0.4, 0.5) is 0 Å². The van der Waals surface area contributed by atoms with Crippen molar-refractivity contribution in [3.05, 3.63) is 35.4 Å². The Morgan fingerprint density at radius 1 is 1.19 bits per heavy atom. The van der Waals surface area contributed by atoms with E-state index < -0.39 is 0 Å². The molecular formula is C17H26N2O2. The zero-order chi connectivity index (χ0) is 15.1. The maximum atomic E-state index is 12.1. The van der Waals surface area contributed by atoms with Crippen LogP contribution in [0, 0.1) is 0 Å². The minimum absolute atomic E-state index is 0.0634. The zero-order valence-corrected chi connectivity index (χ0v) is 12.8. The summed E-state index contributed by atoms with van der Waals surface area (Å²) in [5.74, 6) is 0.0916. The first-order valence-electron chi connectivity index (χ1n) is 7.91. The lowest BCUT2D eigenvalue weighted by molar-refractivity contribution is -0.123. The molecule has 1 unspecified atom stereocenters. The van der Waals surface area contributed by atoms with E-state index >= 15 is 0 Å². The average Bonchev–Trinajstić information content (AvgIpc) is 2.54. The fraction of sp³-hybridized carbons (Fsp3) is 0.588. The van der Waals surface area contributed by atoms with E-state index in [1.54, 1.807) is 0 Å². The van der Waals surface area contributed by atoms with Gasteiger partial charge in [0.2, 0.25) is 5.91 Å². The molecule has 0 aliphatic heterocycles. The highest BCUT2D eigenvalue weighted by molar-refractivity contribution is 5.81. The zero-order valence-electron chi connectivity index (χ0n) is 12.8. The third-order valence-electron chi connectivity index (χ3n) is 4.16. The van der Waals surface area contributed by atoms with Crippen LogP contribution in [-0.4, -0.2) is 23.1 Å². The van der Waals surface area contributed by atoms with Crippen LogP contribution in [0.2, 0.25) is 0 Å². The van der Waals surface area contributed by atoms with E-state index in [2.05, 4.69) is 10.6 Å². The van der Waals surface area contributed by atoms with E-state index in [9.17, 15) is 4.79 Å². The molecule has 1 atom stereocenters. The molecule has 2 rings (SSSR count). The van der Waals surface area contributed by atoms with Crippen LogP contribution in [0.1, 0.15) is 50.2 Å². The van der Waals surface area contributed by atoms with Gasteiger partial charge in [-0.05, 0) is 30.9 Å². The first-order valence-corrected chi connectivity index (χ1v) is 7.91. The van der Waals surface area contributed by atoms with Crippen molar-refractivity contribution in [3.63, 3.8) is 0 Å². The summed E-state index contributed by atoms with van der Waals surface area (Å²) in [6.07, 6.45) is 5.97. The molecule has 116 valence electrons. The van der Waals surface area contributed by atoms with Crippen molar-refractivity contribution in [3.8, 4) is 0 Å². The van der Waals surface area contributed by atoms with Gasteiger partial charge >= 0.3 is 0 Å². The number of carbonyl (C=O) groups is 1. The molecule has 1 aromatic carbocycles. The molecule has 1 aliphatic rings. The van der Waals surface area contributed by atoms with Gasteiger partial charge in [-0.25, -0.2) is 0 Å². The van der Waals surface area contributed by atoms with Gasteiger partial charge in [0.05, 0.1) is 12.6 Å². The van der Waals surface area contributed by atoms with Crippen molar-refractivity contribution in [1.29, 1.82) is 0 Å². The van der Waals surface area contributed by atoms with E-state index in [-0.39, 0.29) is 18.6 Å². The number of hydrogen-bond acceptors (Lipinski definition) is 3. The summed E-state index contributed by atoms with van der Waals surface area (Å²) in [4.78, 5) is 12.1. The molecule has 0 aromatic heterocycles. The normalized spacial score (nSPS) is 17.4. The summed E-state index contributed by atoms with van der Waals surface area (Å²) in [6.45, 7) is 2.62. The summed E-state index contributed by atoms with van der Waals surface area (Å²) in [7, 11) is 0. The predicted octanol–water partition coefficient (Wildman–Crippen LogP) is 2.11. The van der Waals surface area contributed by atoms with Gasteiger partial charge in [0.1, 0.15) is 0 Å². The second kappa shape index (κ2) is 8.15. The van der Waals surface area contributed by atoms with Gasteiger partial charge in [-0.3, -0.25) is 4.79 Å². The predicted molar refractivity (Wildman–Crippen MR) is 83.7 cm³/mol. The Kier molecular flexibility index (Phi) is 6.21. The van der Waals surface area contributed by atoms with Crippen LogP contribution >= 0.6 is 0 Å². The van der Waals surface area contributed by atoms with Gasteiger partial charge < -0.3 is 15.7 Å². The summed E-state index contributed by atoms with van der Waals surface area (Å²) < 4.78 is 0. The highest BCUT2D eigenvalue weighted by Crippen LogP contribution is 2.17. The molecule has 0 spiro atoms. The van der Waals surface area contributed by atoms with Gasteiger partial charge in [-0.15, -0.1) is 0 Å². The molecule has 4 heteroatoms.